The molecule has 0 aromatic heterocycles. The summed E-state index contributed by atoms with van der Waals surface area (Å²) in [5.41, 5.74) is 0.964. The third-order valence-corrected chi connectivity index (χ3v) is 5.60. The minimum absolute atomic E-state index is 0.0179. The number of nitro groups is 1. The molecule has 2 aromatic carbocycles. The van der Waals surface area contributed by atoms with Crippen molar-refractivity contribution in [1.29, 1.82) is 0 Å². The third-order valence-electron chi connectivity index (χ3n) is 5.60. The van der Waals surface area contributed by atoms with E-state index < -0.39 is 10.8 Å². The van der Waals surface area contributed by atoms with Crippen molar-refractivity contribution in [2.24, 2.45) is 0 Å². The minimum atomic E-state index is -0.580. The molecule has 8 nitrogen and oxygen atoms in total. The van der Waals surface area contributed by atoms with Crippen molar-refractivity contribution in [2.75, 3.05) is 27.4 Å². The monoisotopic (exact) mass is 428 g/mol. The molecule has 1 aliphatic rings. The second kappa shape index (κ2) is 10.8. The maximum Gasteiger partial charge on any atom is 0.286 e. The Labute approximate surface area is 181 Å². The fourth-order valence-corrected chi connectivity index (χ4v) is 3.95. The van der Waals surface area contributed by atoms with Crippen LogP contribution in [-0.2, 0) is 4.74 Å². The molecule has 2 aromatic rings. The van der Waals surface area contributed by atoms with Gasteiger partial charge in [0, 0.05) is 19.2 Å². The van der Waals surface area contributed by atoms with Gasteiger partial charge in [0.15, 0.2) is 11.5 Å². The number of hydrogen-bond acceptors (Lipinski definition) is 6. The van der Waals surface area contributed by atoms with Crippen molar-refractivity contribution in [3.8, 4) is 11.5 Å². The SMILES string of the molecule is COCCOc1cc([N+](=O)[O-])c(C(=O)NC2CCC(c3ccccc3)CC2)cc1OC. The van der Waals surface area contributed by atoms with Gasteiger partial charge >= 0.3 is 0 Å². The van der Waals surface area contributed by atoms with E-state index in [1.54, 1.807) is 0 Å². The maximum atomic E-state index is 12.9. The Balaban J connectivity index is 1.70. The Kier molecular flexibility index (Phi) is 7.83. The van der Waals surface area contributed by atoms with E-state index in [1.165, 1.54) is 31.9 Å². The number of nitrogens with zero attached hydrogens (tertiary/aromatic N) is 1. The Hall–Kier alpha value is -3.13. The number of nitrogens with one attached hydrogen (secondary N) is 1. The lowest BCUT2D eigenvalue weighted by atomic mass is 9.81. The van der Waals surface area contributed by atoms with Gasteiger partial charge in [-0.2, -0.15) is 0 Å². The van der Waals surface area contributed by atoms with Gasteiger partial charge in [0.25, 0.3) is 11.6 Å². The van der Waals surface area contributed by atoms with Crippen molar-refractivity contribution in [3.05, 3.63) is 63.7 Å². The molecular weight excluding hydrogens is 400 g/mol. The van der Waals surface area contributed by atoms with E-state index in [0.29, 0.717) is 12.5 Å². The van der Waals surface area contributed by atoms with Gasteiger partial charge in [-0.3, -0.25) is 14.9 Å². The van der Waals surface area contributed by atoms with Crippen molar-refractivity contribution >= 4 is 11.6 Å². The quantitative estimate of drug-likeness (QED) is 0.367. The van der Waals surface area contributed by atoms with Crippen LogP contribution in [0.3, 0.4) is 0 Å². The zero-order valence-corrected chi connectivity index (χ0v) is 17.8. The Morgan fingerprint density at radius 2 is 1.77 bits per heavy atom. The largest absolute Gasteiger partial charge is 0.493 e. The predicted molar refractivity (Wildman–Crippen MR) is 116 cm³/mol. The molecule has 1 amide bonds. The van der Waals surface area contributed by atoms with Gasteiger partial charge in [0.05, 0.1) is 24.7 Å². The average molecular weight is 428 g/mol. The summed E-state index contributed by atoms with van der Waals surface area (Å²) < 4.78 is 15.7. The van der Waals surface area contributed by atoms with Crippen LogP contribution in [0.1, 0.15) is 47.5 Å². The van der Waals surface area contributed by atoms with Crippen LogP contribution in [0, 0.1) is 10.1 Å². The van der Waals surface area contributed by atoms with Gasteiger partial charge < -0.3 is 19.5 Å². The van der Waals surface area contributed by atoms with Gasteiger partial charge in [-0.25, -0.2) is 0 Å². The first kappa shape index (κ1) is 22.6. The summed E-state index contributed by atoms with van der Waals surface area (Å²) in [5.74, 6) is 0.467. The summed E-state index contributed by atoms with van der Waals surface area (Å²) in [5, 5.41) is 14.6. The molecule has 1 saturated carbocycles. The molecule has 31 heavy (non-hydrogen) atoms. The summed E-state index contributed by atoms with van der Waals surface area (Å²) in [6, 6.07) is 12.9. The van der Waals surface area contributed by atoms with E-state index in [2.05, 4.69) is 17.4 Å². The van der Waals surface area contributed by atoms with E-state index in [9.17, 15) is 14.9 Å². The lowest BCUT2D eigenvalue weighted by Crippen LogP contribution is -2.37. The van der Waals surface area contributed by atoms with Crippen LogP contribution in [0.5, 0.6) is 11.5 Å². The number of benzene rings is 2. The molecular formula is C23H28N2O6. The summed E-state index contributed by atoms with van der Waals surface area (Å²) in [7, 11) is 2.96. The fourth-order valence-electron chi connectivity index (χ4n) is 3.95. The highest BCUT2D eigenvalue weighted by molar-refractivity contribution is 5.99. The standard InChI is InChI=1S/C23H28N2O6/c1-29-12-13-31-22-15-20(25(27)28)19(14-21(22)30-2)23(26)24-18-10-8-17(9-11-18)16-6-4-3-5-7-16/h3-7,14-15,17-18H,8-13H2,1-2H3,(H,24,26). The van der Waals surface area contributed by atoms with Crippen molar-refractivity contribution in [3.63, 3.8) is 0 Å². The summed E-state index contributed by atoms with van der Waals surface area (Å²) in [4.78, 5) is 23.9. The van der Waals surface area contributed by atoms with Gasteiger partial charge in [-0.1, -0.05) is 30.3 Å². The lowest BCUT2D eigenvalue weighted by molar-refractivity contribution is -0.385. The normalized spacial score (nSPS) is 18.3. The van der Waals surface area contributed by atoms with Gasteiger partial charge in [0.2, 0.25) is 0 Å². The van der Waals surface area contributed by atoms with E-state index in [0.717, 1.165) is 25.7 Å². The van der Waals surface area contributed by atoms with Crippen molar-refractivity contribution in [1.82, 2.24) is 5.32 Å². The lowest BCUT2D eigenvalue weighted by Gasteiger charge is -2.29. The molecule has 0 aliphatic heterocycles. The fraction of sp³-hybridized carbons (Fsp3) is 0.435. The Bertz CT molecular complexity index is 894. The Morgan fingerprint density at radius 3 is 2.39 bits per heavy atom. The number of methoxy groups -OCH3 is 2. The highest BCUT2D eigenvalue weighted by atomic mass is 16.6. The van der Waals surface area contributed by atoms with Crippen LogP contribution in [-0.4, -0.2) is 44.3 Å². The number of ether oxygens (including phenoxy) is 3. The molecule has 0 atom stereocenters. The van der Waals surface area contributed by atoms with Crippen LogP contribution >= 0.6 is 0 Å². The predicted octanol–water partition coefficient (Wildman–Crippen LogP) is 4.08. The first-order valence-electron chi connectivity index (χ1n) is 10.4. The summed E-state index contributed by atoms with van der Waals surface area (Å²) >= 11 is 0. The van der Waals surface area contributed by atoms with Gasteiger partial charge in [0.1, 0.15) is 12.2 Å². The third kappa shape index (κ3) is 5.73. The molecule has 0 unspecified atom stereocenters. The van der Waals surface area contributed by atoms with E-state index >= 15 is 0 Å². The van der Waals surface area contributed by atoms with Crippen LogP contribution in [0.4, 0.5) is 5.69 Å². The number of hydrogen-bond donors (Lipinski definition) is 1. The molecule has 1 aliphatic carbocycles. The first-order valence-corrected chi connectivity index (χ1v) is 10.4. The van der Waals surface area contributed by atoms with Crippen LogP contribution in [0.25, 0.3) is 0 Å². The number of carbonyl (C=O) groups is 1. The molecule has 0 spiro atoms. The molecule has 0 saturated heterocycles. The zero-order valence-electron chi connectivity index (χ0n) is 17.8. The molecule has 0 heterocycles. The molecule has 0 bridgehead atoms. The molecule has 8 heteroatoms. The average Bonchev–Trinajstić information content (AvgIpc) is 2.79. The highest BCUT2D eigenvalue weighted by Gasteiger charge is 2.28. The second-order valence-electron chi connectivity index (χ2n) is 7.55. The van der Waals surface area contributed by atoms with Crippen molar-refractivity contribution < 1.29 is 23.9 Å². The van der Waals surface area contributed by atoms with E-state index in [1.807, 2.05) is 18.2 Å². The zero-order chi connectivity index (χ0) is 22.2. The number of nitro benzene ring substituents is 1. The van der Waals surface area contributed by atoms with Crippen LogP contribution in [0.15, 0.2) is 42.5 Å². The van der Waals surface area contributed by atoms with Crippen LogP contribution in [0.2, 0.25) is 0 Å². The smallest absolute Gasteiger partial charge is 0.286 e. The number of rotatable bonds is 9. The molecule has 1 N–H and O–H groups in total. The summed E-state index contributed by atoms with van der Waals surface area (Å²) in [6.07, 6.45) is 3.59. The summed E-state index contributed by atoms with van der Waals surface area (Å²) in [6.45, 7) is 0.533. The number of amides is 1. The Morgan fingerprint density at radius 1 is 1.06 bits per heavy atom. The maximum absolute atomic E-state index is 12.9. The minimum Gasteiger partial charge on any atom is -0.493 e. The second-order valence-corrected chi connectivity index (χ2v) is 7.55. The van der Waals surface area contributed by atoms with Gasteiger partial charge in [-0.05, 0) is 37.2 Å². The number of carbonyl (C=O) groups excluding carboxylic acids is 1. The van der Waals surface area contributed by atoms with E-state index in [-0.39, 0.29) is 35.4 Å². The molecule has 3 rings (SSSR count). The van der Waals surface area contributed by atoms with Crippen molar-refractivity contribution in [2.45, 2.75) is 37.6 Å². The molecule has 166 valence electrons. The first-order chi connectivity index (χ1) is 15.0. The molecule has 0 radical (unpaired) electrons. The van der Waals surface area contributed by atoms with Gasteiger partial charge in [-0.15, -0.1) is 0 Å². The molecule has 1 fully saturated rings. The topological polar surface area (TPSA) is 99.9 Å². The van der Waals surface area contributed by atoms with Crippen LogP contribution < -0.4 is 14.8 Å². The van der Waals surface area contributed by atoms with E-state index in [4.69, 9.17) is 14.2 Å². The highest BCUT2D eigenvalue weighted by Crippen LogP contribution is 2.36.